The first-order chi connectivity index (χ1) is 7.15. The Balaban J connectivity index is 2.21. The summed E-state index contributed by atoms with van der Waals surface area (Å²) in [5, 5.41) is 8.54. The molecule has 0 aliphatic carbocycles. The molecule has 1 saturated heterocycles. The molecule has 1 fully saturated rings. The van der Waals surface area contributed by atoms with Gasteiger partial charge in [-0.2, -0.15) is 0 Å². The standard InChI is InChI=1S/C12H23NO2/c1-3-11-8-7-10(2)13(11)9-5-4-6-12(14)15/h10-11H,3-9H2,1-2H3,(H,14,15). The minimum absolute atomic E-state index is 0.318. The van der Waals surface area contributed by atoms with Crippen LogP contribution in [-0.4, -0.2) is 34.6 Å². The van der Waals surface area contributed by atoms with Crippen molar-refractivity contribution in [3.63, 3.8) is 0 Å². The van der Waals surface area contributed by atoms with Gasteiger partial charge in [0.25, 0.3) is 0 Å². The van der Waals surface area contributed by atoms with Gasteiger partial charge in [-0.1, -0.05) is 6.92 Å². The maximum absolute atomic E-state index is 10.4. The molecular formula is C12H23NO2. The molecule has 2 atom stereocenters. The molecule has 0 radical (unpaired) electrons. The molecule has 0 spiro atoms. The van der Waals surface area contributed by atoms with Crippen LogP contribution in [0, 0.1) is 0 Å². The van der Waals surface area contributed by atoms with E-state index in [1.165, 1.54) is 19.3 Å². The lowest BCUT2D eigenvalue weighted by molar-refractivity contribution is -0.137. The van der Waals surface area contributed by atoms with E-state index in [0.717, 1.165) is 25.4 Å². The zero-order chi connectivity index (χ0) is 11.3. The predicted molar refractivity (Wildman–Crippen MR) is 61.0 cm³/mol. The Kier molecular flexibility index (Phi) is 5.09. The van der Waals surface area contributed by atoms with E-state index in [1.807, 2.05) is 0 Å². The van der Waals surface area contributed by atoms with Crippen LogP contribution in [0.1, 0.15) is 52.4 Å². The molecular weight excluding hydrogens is 190 g/mol. The highest BCUT2D eigenvalue weighted by Gasteiger charge is 2.28. The molecule has 0 bridgehead atoms. The average molecular weight is 213 g/mol. The summed E-state index contributed by atoms with van der Waals surface area (Å²) >= 11 is 0. The lowest BCUT2D eigenvalue weighted by atomic mass is 10.1. The second-order valence-corrected chi connectivity index (χ2v) is 4.58. The average Bonchev–Trinajstić information content (AvgIpc) is 2.54. The Morgan fingerprint density at radius 3 is 2.73 bits per heavy atom. The van der Waals surface area contributed by atoms with Crippen LogP contribution in [0.25, 0.3) is 0 Å². The van der Waals surface area contributed by atoms with Gasteiger partial charge < -0.3 is 5.11 Å². The highest BCUT2D eigenvalue weighted by molar-refractivity contribution is 5.66. The molecule has 3 nitrogen and oxygen atoms in total. The third-order valence-electron chi connectivity index (χ3n) is 3.48. The third kappa shape index (κ3) is 3.82. The van der Waals surface area contributed by atoms with Gasteiger partial charge in [-0.05, 0) is 45.6 Å². The number of nitrogens with zero attached hydrogens (tertiary/aromatic N) is 1. The van der Waals surface area contributed by atoms with E-state index in [0.29, 0.717) is 12.5 Å². The first-order valence-corrected chi connectivity index (χ1v) is 6.12. The Bertz CT molecular complexity index is 206. The molecule has 88 valence electrons. The van der Waals surface area contributed by atoms with Gasteiger partial charge in [0.05, 0.1) is 0 Å². The molecule has 3 heteroatoms. The summed E-state index contributed by atoms with van der Waals surface area (Å²) in [6, 6.07) is 1.43. The minimum atomic E-state index is -0.670. The summed E-state index contributed by atoms with van der Waals surface area (Å²) in [7, 11) is 0. The van der Waals surface area contributed by atoms with E-state index in [2.05, 4.69) is 18.7 Å². The first-order valence-electron chi connectivity index (χ1n) is 6.12. The Labute approximate surface area is 92.5 Å². The van der Waals surface area contributed by atoms with Crippen LogP contribution in [0.4, 0.5) is 0 Å². The van der Waals surface area contributed by atoms with Crippen LogP contribution >= 0.6 is 0 Å². The lowest BCUT2D eigenvalue weighted by Crippen LogP contribution is -2.34. The number of likely N-dealkylation sites (tertiary alicyclic amines) is 1. The summed E-state index contributed by atoms with van der Waals surface area (Å²) in [5.74, 6) is -0.670. The lowest BCUT2D eigenvalue weighted by Gasteiger charge is -2.27. The largest absolute Gasteiger partial charge is 0.481 e. The smallest absolute Gasteiger partial charge is 0.303 e. The molecule has 2 unspecified atom stereocenters. The molecule has 0 aromatic carbocycles. The summed E-state index contributed by atoms with van der Waals surface area (Å²) in [4.78, 5) is 12.9. The summed E-state index contributed by atoms with van der Waals surface area (Å²) in [5.41, 5.74) is 0. The Hall–Kier alpha value is -0.570. The Morgan fingerprint density at radius 2 is 2.13 bits per heavy atom. The summed E-state index contributed by atoms with van der Waals surface area (Å²) < 4.78 is 0. The SMILES string of the molecule is CCC1CCC(C)N1CCCCC(=O)O. The van der Waals surface area contributed by atoms with Gasteiger partial charge in [0.2, 0.25) is 0 Å². The van der Waals surface area contributed by atoms with Gasteiger partial charge in [0.1, 0.15) is 0 Å². The number of carboxylic acid groups (broad SMARTS) is 1. The van der Waals surface area contributed by atoms with Crippen LogP contribution in [0.15, 0.2) is 0 Å². The van der Waals surface area contributed by atoms with Crippen molar-refractivity contribution in [1.29, 1.82) is 0 Å². The van der Waals surface area contributed by atoms with E-state index in [-0.39, 0.29) is 0 Å². The zero-order valence-corrected chi connectivity index (χ0v) is 9.91. The van der Waals surface area contributed by atoms with Crippen LogP contribution in [0.3, 0.4) is 0 Å². The fourth-order valence-corrected chi connectivity index (χ4v) is 2.54. The van der Waals surface area contributed by atoms with Crippen LogP contribution in [-0.2, 0) is 4.79 Å². The van der Waals surface area contributed by atoms with Crippen LogP contribution in [0.2, 0.25) is 0 Å². The van der Waals surface area contributed by atoms with Crippen LogP contribution < -0.4 is 0 Å². The first kappa shape index (κ1) is 12.5. The maximum atomic E-state index is 10.4. The van der Waals surface area contributed by atoms with Crippen molar-refractivity contribution in [2.24, 2.45) is 0 Å². The van der Waals surface area contributed by atoms with Crippen LogP contribution in [0.5, 0.6) is 0 Å². The fraction of sp³-hybridized carbons (Fsp3) is 0.917. The van der Waals surface area contributed by atoms with Gasteiger partial charge in [0.15, 0.2) is 0 Å². The van der Waals surface area contributed by atoms with Crippen molar-refractivity contribution in [2.45, 2.75) is 64.5 Å². The monoisotopic (exact) mass is 213 g/mol. The number of carboxylic acids is 1. The normalized spacial score (nSPS) is 27.1. The molecule has 1 rings (SSSR count). The van der Waals surface area contributed by atoms with E-state index < -0.39 is 5.97 Å². The second-order valence-electron chi connectivity index (χ2n) is 4.58. The minimum Gasteiger partial charge on any atom is -0.481 e. The Morgan fingerprint density at radius 1 is 1.40 bits per heavy atom. The topological polar surface area (TPSA) is 40.5 Å². The molecule has 1 heterocycles. The van der Waals surface area contributed by atoms with Crippen molar-refractivity contribution in [2.75, 3.05) is 6.54 Å². The molecule has 0 aromatic rings. The van der Waals surface area contributed by atoms with Crippen molar-refractivity contribution in [1.82, 2.24) is 4.90 Å². The zero-order valence-electron chi connectivity index (χ0n) is 9.91. The maximum Gasteiger partial charge on any atom is 0.303 e. The quantitative estimate of drug-likeness (QED) is 0.689. The number of rotatable bonds is 6. The molecule has 1 N–H and O–H groups in total. The van der Waals surface area contributed by atoms with Crippen molar-refractivity contribution >= 4 is 5.97 Å². The molecule has 0 saturated carbocycles. The van der Waals surface area contributed by atoms with Crippen molar-refractivity contribution in [3.05, 3.63) is 0 Å². The van der Waals surface area contributed by atoms with Gasteiger partial charge in [-0.25, -0.2) is 0 Å². The molecule has 0 amide bonds. The van der Waals surface area contributed by atoms with Gasteiger partial charge in [0, 0.05) is 18.5 Å². The highest BCUT2D eigenvalue weighted by Crippen LogP contribution is 2.26. The predicted octanol–water partition coefficient (Wildman–Crippen LogP) is 2.50. The van der Waals surface area contributed by atoms with Gasteiger partial charge in [-0.3, -0.25) is 9.69 Å². The molecule has 0 aromatic heterocycles. The van der Waals surface area contributed by atoms with Crippen molar-refractivity contribution in [3.8, 4) is 0 Å². The molecule has 15 heavy (non-hydrogen) atoms. The second kappa shape index (κ2) is 6.11. The van der Waals surface area contributed by atoms with E-state index in [9.17, 15) is 4.79 Å². The van der Waals surface area contributed by atoms with E-state index in [1.54, 1.807) is 0 Å². The number of carbonyl (C=O) groups is 1. The number of unbranched alkanes of at least 4 members (excludes halogenated alkanes) is 1. The van der Waals surface area contributed by atoms with Crippen molar-refractivity contribution < 1.29 is 9.90 Å². The fourth-order valence-electron chi connectivity index (χ4n) is 2.54. The van der Waals surface area contributed by atoms with Gasteiger partial charge >= 0.3 is 5.97 Å². The number of hydrogen-bond acceptors (Lipinski definition) is 2. The van der Waals surface area contributed by atoms with E-state index in [4.69, 9.17) is 5.11 Å². The number of hydrogen-bond donors (Lipinski definition) is 1. The number of aliphatic carboxylic acids is 1. The summed E-state index contributed by atoms with van der Waals surface area (Å²) in [6.45, 7) is 5.60. The molecule has 1 aliphatic heterocycles. The third-order valence-corrected chi connectivity index (χ3v) is 3.48. The molecule has 1 aliphatic rings. The van der Waals surface area contributed by atoms with E-state index >= 15 is 0 Å². The van der Waals surface area contributed by atoms with Gasteiger partial charge in [-0.15, -0.1) is 0 Å². The highest BCUT2D eigenvalue weighted by atomic mass is 16.4. The summed E-state index contributed by atoms with van der Waals surface area (Å²) in [6.07, 6.45) is 6.00.